The van der Waals surface area contributed by atoms with Gasteiger partial charge in [0.15, 0.2) is 0 Å². The first-order chi connectivity index (χ1) is 11.1. The smallest absolute Gasteiger partial charge is 0.213 e. The summed E-state index contributed by atoms with van der Waals surface area (Å²) in [5.41, 5.74) is 2.00. The normalized spacial score (nSPS) is 11.3. The molecule has 0 radical (unpaired) electrons. The van der Waals surface area contributed by atoms with Crippen LogP contribution in [0.3, 0.4) is 0 Å². The Morgan fingerprint density at radius 2 is 1.70 bits per heavy atom. The van der Waals surface area contributed by atoms with Crippen LogP contribution in [0.1, 0.15) is 11.1 Å². The van der Waals surface area contributed by atoms with Gasteiger partial charge in [0.05, 0.1) is 12.9 Å². The Morgan fingerprint density at radius 1 is 0.957 bits per heavy atom. The molecular weight excluding hydrogens is 312 g/mol. The number of hydrogen-bond acceptors (Lipinski definition) is 4. The fourth-order valence-electron chi connectivity index (χ4n) is 2.08. The summed E-state index contributed by atoms with van der Waals surface area (Å²) in [4.78, 5) is 0. The Labute approximate surface area is 137 Å². The van der Waals surface area contributed by atoms with E-state index in [-0.39, 0.29) is 5.75 Å². The SMILES string of the molecule is COc1cccc(CNCCS(=O)(=O)NCc2ccccc2)c1. The van der Waals surface area contributed by atoms with Gasteiger partial charge in [-0.05, 0) is 23.3 Å². The van der Waals surface area contributed by atoms with Crippen molar-refractivity contribution in [1.29, 1.82) is 0 Å². The summed E-state index contributed by atoms with van der Waals surface area (Å²) in [7, 11) is -1.66. The van der Waals surface area contributed by atoms with E-state index in [0.717, 1.165) is 16.9 Å². The number of nitrogens with one attached hydrogen (secondary N) is 2. The second-order valence-corrected chi connectivity index (χ2v) is 7.08. The maximum atomic E-state index is 11.9. The summed E-state index contributed by atoms with van der Waals surface area (Å²) in [6.07, 6.45) is 0. The number of rotatable bonds is 9. The summed E-state index contributed by atoms with van der Waals surface area (Å²) in [5.74, 6) is 0.838. The molecule has 2 rings (SSSR count). The van der Waals surface area contributed by atoms with Gasteiger partial charge in [0.2, 0.25) is 10.0 Å². The third-order valence-corrected chi connectivity index (χ3v) is 4.68. The van der Waals surface area contributed by atoms with E-state index in [1.165, 1.54) is 0 Å². The Hall–Kier alpha value is -1.89. The lowest BCUT2D eigenvalue weighted by molar-refractivity contribution is 0.414. The van der Waals surface area contributed by atoms with E-state index in [2.05, 4.69) is 10.0 Å². The predicted octanol–water partition coefficient (Wildman–Crippen LogP) is 1.90. The molecule has 0 saturated carbocycles. The molecule has 0 aliphatic heterocycles. The Balaban J connectivity index is 1.72. The lowest BCUT2D eigenvalue weighted by Crippen LogP contribution is -2.31. The van der Waals surface area contributed by atoms with Gasteiger partial charge in [0, 0.05) is 19.6 Å². The maximum absolute atomic E-state index is 11.9. The molecule has 0 amide bonds. The van der Waals surface area contributed by atoms with Crippen LogP contribution < -0.4 is 14.8 Å². The number of methoxy groups -OCH3 is 1. The van der Waals surface area contributed by atoms with Crippen LogP contribution >= 0.6 is 0 Å². The minimum atomic E-state index is -3.28. The number of sulfonamides is 1. The molecule has 23 heavy (non-hydrogen) atoms. The Bertz CT molecular complexity index is 703. The van der Waals surface area contributed by atoms with Crippen molar-refractivity contribution in [2.24, 2.45) is 0 Å². The average molecular weight is 334 g/mol. The van der Waals surface area contributed by atoms with E-state index in [4.69, 9.17) is 4.74 Å². The van der Waals surface area contributed by atoms with Crippen LogP contribution in [0.4, 0.5) is 0 Å². The van der Waals surface area contributed by atoms with Gasteiger partial charge in [-0.3, -0.25) is 0 Å². The molecule has 2 aromatic carbocycles. The summed E-state index contributed by atoms with van der Waals surface area (Å²) >= 11 is 0. The number of benzene rings is 2. The van der Waals surface area contributed by atoms with Crippen LogP contribution in [-0.2, 0) is 23.1 Å². The lowest BCUT2D eigenvalue weighted by atomic mass is 10.2. The molecule has 0 saturated heterocycles. The molecule has 2 aromatic rings. The topological polar surface area (TPSA) is 67.4 Å². The highest BCUT2D eigenvalue weighted by Gasteiger charge is 2.09. The minimum Gasteiger partial charge on any atom is -0.497 e. The van der Waals surface area contributed by atoms with E-state index in [0.29, 0.717) is 19.6 Å². The van der Waals surface area contributed by atoms with Gasteiger partial charge < -0.3 is 10.1 Å². The highest BCUT2D eigenvalue weighted by molar-refractivity contribution is 7.89. The van der Waals surface area contributed by atoms with Gasteiger partial charge >= 0.3 is 0 Å². The van der Waals surface area contributed by atoms with Gasteiger partial charge in [0.1, 0.15) is 5.75 Å². The zero-order valence-corrected chi connectivity index (χ0v) is 14.0. The van der Waals surface area contributed by atoms with Crippen molar-refractivity contribution >= 4 is 10.0 Å². The highest BCUT2D eigenvalue weighted by atomic mass is 32.2. The summed E-state index contributed by atoms with van der Waals surface area (Å²) in [5, 5.41) is 3.13. The van der Waals surface area contributed by atoms with Crippen molar-refractivity contribution < 1.29 is 13.2 Å². The predicted molar refractivity (Wildman–Crippen MR) is 91.8 cm³/mol. The van der Waals surface area contributed by atoms with E-state index in [9.17, 15) is 8.42 Å². The first-order valence-electron chi connectivity index (χ1n) is 7.44. The molecule has 0 aliphatic rings. The van der Waals surface area contributed by atoms with Gasteiger partial charge in [-0.25, -0.2) is 13.1 Å². The van der Waals surface area contributed by atoms with E-state index >= 15 is 0 Å². The average Bonchev–Trinajstić information content (AvgIpc) is 2.58. The largest absolute Gasteiger partial charge is 0.497 e. The van der Waals surface area contributed by atoms with Crippen LogP contribution in [0.2, 0.25) is 0 Å². The van der Waals surface area contributed by atoms with Crippen molar-refractivity contribution in [2.75, 3.05) is 19.4 Å². The Morgan fingerprint density at radius 3 is 2.43 bits per heavy atom. The van der Waals surface area contributed by atoms with E-state index in [1.54, 1.807) is 7.11 Å². The fraction of sp³-hybridized carbons (Fsp3) is 0.294. The van der Waals surface area contributed by atoms with Crippen LogP contribution in [0.25, 0.3) is 0 Å². The highest BCUT2D eigenvalue weighted by Crippen LogP contribution is 2.11. The van der Waals surface area contributed by atoms with Crippen molar-refractivity contribution in [3.63, 3.8) is 0 Å². The molecular formula is C17H22N2O3S. The van der Waals surface area contributed by atoms with Crippen molar-refractivity contribution in [2.45, 2.75) is 13.1 Å². The molecule has 6 heteroatoms. The molecule has 0 spiro atoms. The van der Waals surface area contributed by atoms with Crippen LogP contribution in [0.5, 0.6) is 5.75 Å². The molecule has 0 aliphatic carbocycles. The standard InChI is InChI=1S/C17H22N2O3S/c1-22-17-9-5-8-16(12-17)13-18-10-11-23(20,21)19-14-15-6-3-2-4-7-15/h2-9,12,18-19H,10-11,13-14H2,1H3. The third kappa shape index (κ3) is 6.40. The van der Waals surface area contributed by atoms with Crippen LogP contribution in [0.15, 0.2) is 54.6 Å². The molecule has 0 aromatic heterocycles. The first kappa shape index (κ1) is 17.5. The van der Waals surface area contributed by atoms with Gasteiger partial charge in [-0.15, -0.1) is 0 Å². The third-order valence-electron chi connectivity index (χ3n) is 3.35. The van der Waals surface area contributed by atoms with Crippen LogP contribution in [-0.4, -0.2) is 27.8 Å². The molecule has 2 N–H and O–H groups in total. The lowest BCUT2D eigenvalue weighted by Gasteiger charge is -2.09. The molecule has 5 nitrogen and oxygen atoms in total. The fourth-order valence-corrected chi connectivity index (χ4v) is 3.03. The van der Waals surface area contributed by atoms with Gasteiger partial charge in [-0.2, -0.15) is 0 Å². The zero-order chi connectivity index (χ0) is 16.5. The van der Waals surface area contributed by atoms with E-state index < -0.39 is 10.0 Å². The van der Waals surface area contributed by atoms with Crippen molar-refractivity contribution in [3.05, 3.63) is 65.7 Å². The maximum Gasteiger partial charge on any atom is 0.213 e. The minimum absolute atomic E-state index is 0.0454. The second-order valence-electron chi connectivity index (χ2n) is 5.15. The van der Waals surface area contributed by atoms with Crippen molar-refractivity contribution in [3.8, 4) is 5.75 Å². The summed E-state index contributed by atoms with van der Waals surface area (Å²) < 4.78 is 31.6. The second kappa shape index (κ2) is 8.67. The molecule has 0 heterocycles. The number of hydrogen-bond donors (Lipinski definition) is 2. The molecule has 0 unspecified atom stereocenters. The molecule has 0 fully saturated rings. The quantitative estimate of drug-likeness (QED) is 0.688. The first-order valence-corrected chi connectivity index (χ1v) is 9.09. The van der Waals surface area contributed by atoms with Crippen LogP contribution in [0, 0.1) is 0 Å². The zero-order valence-electron chi connectivity index (χ0n) is 13.2. The molecule has 0 bridgehead atoms. The van der Waals surface area contributed by atoms with E-state index in [1.807, 2.05) is 54.6 Å². The monoisotopic (exact) mass is 334 g/mol. The summed E-state index contributed by atoms with van der Waals surface area (Å²) in [6, 6.07) is 17.1. The van der Waals surface area contributed by atoms with Crippen molar-refractivity contribution in [1.82, 2.24) is 10.0 Å². The number of ether oxygens (including phenoxy) is 1. The summed E-state index contributed by atoms with van der Waals surface area (Å²) in [6.45, 7) is 1.31. The molecule has 124 valence electrons. The van der Waals surface area contributed by atoms with Gasteiger partial charge in [0.25, 0.3) is 0 Å². The Kier molecular flexibility index (Phi) is 6.58. The molecule has 0 atom stereocenters. The van der Waals surface area contributed by atoms with Gasteiger partial charge in [-0.1, -0.05) is 42.5 Å².